The Labute approximate surface area is 192 Å². The summed E-state index contributed by atoms with van der Waals surface area (Å²) in [5.74, 6) is 0.505. The lowest BCUT2D eigenvalue weighted by molar-refractivity contribution is 0.597. The molecule has 4 heterocycles. The first kappa shape index (κ1) is 20.6. The van der Waals surface area contributed by atoms with E-state index in [1.54, 1.807) is 16.9 Å². The Hall–Kier alpha value is -3.33. The molecule has 32 heavy (non-hydrogen) atoms. The number of rotatable bonds is 5. The number of fused-ring (bicyclic) bond motifs is 2. The van der Waals surface area contributed by atoms with E-state index >= 15 is 0 Å². The standard InChI is InChI=1S/C23H21BrFN7/c1-3-5-16-17-9-15(6-7-20(17)29-19(16)4-2)28-23-31-21(13-8-14(25)11-26-10-13)30-22-18(24)12-27-32(22)23/h3-5,8,10-12,15,29H,2,6-7,9H2,1H3,(H,28,30,31)/b5-3-/t15-/m1/s1. The number of aromatic nitrogens is 6. The largest absolute Gasteiger partial charge is 0.358 e. The van der Waals surface area contributed by atoms with Crippen molar-refractivity contribution < 1.29 is 4.39 Å². The summed E-state index contributed by atoms with van der Waals surface area (Å²) >= 11 is 3.49. The minimum atomic E-state index is -0.435. The summed E-state index contributed by atoms with van der Waals surface area (Å²) in [7, 11) is 0. The fourth-order valence-corrected chi connectivity index (χ4v) is 4.52. The van der Waals surface area contributed by atoms with E-state index in [1.807, 2.05) is 19.1 Å². The average Bonchev–Trinajstić information content (AvgIpc) is 3.34. The SMILES string of the molecule is C=Cc1[nH]c2c(c1/C=C\C)C[C@H](Nc1nc(-c3cncc(F)c3)nc3c(Br)cnn13)CC2. The van der Waals surface area contributed by atoms with Crippen molar-refractivity contribution in [3.05, 3.63) is 70.1 Å². The molecule has 0 radical (unpaired) electrons. The fraction of sp³-hybridized carbons (Fsp3) is 0.217. The van der Waals surface area contributed by atoms with Crippen molar-refractivity contribution in [3.63, 3.8) is 0 Å². The van der Waals surface area contributed by atoms with E-state index in [1.165, 1.54) is 22.9 Å². The van der Waals surface area contributed by atoms with Crippen LogP contribution in [0.25, 0.3) is 29.2 Å². The molecule has 0 amide bonds. The van der Waals surface area contributed by atoms with Crippen molar-refractivity contribution in [2.24, 2.45) is 0 Å². The number of pyridine rings is 1. The highest BCUT2D eigenvalue weighted by Gasteiger charge is 2.25. The molecule has 162 valence electrons. The van der Waals surface area contributed by atoms with E-state index in [0.29, 0.717) is 23.0 Å². The molecular weight excluding hydrogens is 473 g/mol. The van der Waals surface area contributed by atoms with Crippen molar-refractivity contribution >= 4 is 39.7 Å². The van der Waals surface area contributed by atoms with Gasteiger partial charge >= 0.3 is 0 Å². The second-order valence-corrected chi connectivity index (χ2v) is 8.54. The monoisotopic (exact) mass is 493 g/mol. The molecule has 0 spiro atoms. The summed E-state index contributed by atoms with van der Waals surface area (Å²) in [6.07, 6.45) is 13.1. The lowest BCUT2D eigenvalue weighted by atomic mass is 9.90. The van der Waals surface area contributed by atoms with Gasteiger partial charge in [0.2, 0.25) is 5.95 Å². The van der Waals surface area contributed by atoms with Gasteiger partial charge < -0.3 is 10.3 Å². The van der Waals surface area contributed by atoms with Gasteiger partial charge in [0, 0.05) is 34.8 Å². The zero-order valence-electron chi connectivity index (χ0n) is 17.4. The van der Waals surface area contributed by atoms with Gasteiger partial charge in [-0.25, -0.2) is 9.37 Å². The molecule has 1 aliphatic rings. The van der Waals surface area contributed by atoms with Crippen LogP contribution in [0.3, 0.4) is 0 Å². The lowest BCUT2D eigenvalue weighted by Crippen LogP contribution is -2.29. The van der Waals surface area contributed by atoms with Crippen LogP contribution in [0, 0.1) is 5.82 Å². The number of hydrogen-bond acceptors (Lipinski definition) is 5. The van der Waals surface area contributed by atoms with E-state index < -0.39 is 5.82 Å². The maximum Gasteiger partial charge on any atom is 0.228 e. The van der Waals surface area contributed by atoms with Crippen LogP contribution in [0.5, 0.6) is 0 Å². The van der Waals surface area contributed by atoms with Crippen molar-refractivity contribution in [1.29, 1.82) is 0 Å². The number of aryl methyl sites for hydroxylation is 1. The molecule has 7 nitrogen and oxygen atoms in total. The number of allylic oxidation sites excluding steroid dienone is 1. The predicted molar refractivity (Wildman–Crippen MR) is 127 cm³/mol. The first-order valence-electron chi connectivity index (χ1n) is 10.3. The minimum Gasteiger partial charge on any atom is -0.358 e. The average molecular weight is 494 g/mol. The molecule has 0 fully saturated rings. The lowest BCUT2D eigenvalue weighted by Gasteiger charge is -2.24. The Morgan fingerprint density at radius 3 is 2.97 bits per heavy atom. The second kappa shape index (κ2) is 8.31. The number of halogens is 2. The second-order valence-electron chi connectivity index (χ2n) is 7.69. The third kappa shape index (κ3) is 3.62. The first-order valence-corrected chi connectivity index (χ1v) is 11.1. The third-order valence-electron chi connectivity index (χ3n) is 5.62. The number of nitrogens with zero attached hydrogens (tertiary/aromatic N) is 5. The zero-order valence-corrected chi connectivity index (χ0v) is 19.0. The Balaban J connectivity index is 1.52. The van der Waals surface area contributed by atoms with Gasteiger partial charge in [0.05, 0.1) is 16.9 Å². The molecule has 0 aliphatic heterocycles. The zero-order chi connectivity index (χ0) is 22.2. The van der Waals surface area contributed by atoms with Gasteiger partial charge in [0.1, 0.15) is 5.82 Å². The smallest absolute Gasteiger partial charge is 0.228 e. The van der Waals surface area contributed by atoms with Crippen molar-refractivity contribution in [2.45, 2.75) is 32.2 Å². The number of nitrogens with one attached hydrogen (secondary N) is 2. The Bertz CT molecular complexity index is 1350. The highest BCUT2D eigenvalue weighted by atomic mass is 79.9. The topological polar surface area (TPSA) is 83.8 Å². The fourth-order valence-electron chi connectivity index (χ4n) is 4.18. The van der Waals surface area contributed by atoms with Crippen LogP contribution in [-0.4, -0.2) is 35.6 Å². The molecule has 9 heteroatoms. The van der Waals surface area contributed by atoms with Crippen LogP contribution in [0.1, 0.15) is 35.9 Å². The molecule has 1 aliphatic carbocycles. The van der Waals surface area contributed by atoms with Gasteiger partial charge in [-0.3, -0.25) is 4.98 Å². The Morgan fingerprint density at radius 2 is 2.19 bits per heavy atom. The highest BCUT2D eigenvalue weighted by Crippen LogP contribution is 2.31. The van der Waals surface area contributed by atoms with Gasteiger partial charge in [0.15, 0.2) is 11.5 Å². The number of anilines is 1. The van der Waals surface area contributed by atoms with Crippen LogP contribution in [0.2, 0.25) is 0 Å². The van der Waals surface area contributed by atoms with Crippen molar-refractivity contribution in [2.75, 3.05) is 5.32 Å². The number of H-pyrrole nitrogens is 1. The molecule has 4 aromatic heterocycles. The molecule has 1 atom stereocenters. The molecule has 0 unspecified atom stereocenters. The minimum absolute atomic E-state index is 0.152. The van der Waals surface area contributed by atoms with Crippen LogP contribution < -0.4 is 5.32 Å². The summed E-state index contributed by atoms with van der Waals surface area (Å²) < 4.78 is 16.2. The van der Waals surface area contributed by atoms with Crippen molar-refractivity contribution in [1.82, 2.24) is 29.5 Å². The molecular formula is C23H21BrFN7. The maximum absolute atomic E-state index is 13.8. The Morgan fingerprint density at radius 1 is 1.31 bits per heavy atom. The molecule has 0 saturated carbocycles. The normalized spacial score (nSPS) is 15.9. The van der Waals surface area contributed by atoms with Gasteiger partial charge in [-0.2, -0.15) is 14.6 Å². The summed E-state index contributed by atoms with van der Waals surface area (Å²) in [6.45, 7) is 5.95. The van der Waals surface area contributed by atoms with E-state index in [-0.39, 0.29) is 6.04 Å². The molecule has 4 aromatic rings. The molecule has 2 N–H and O–H groups in total. The van der Waals surface area contributed by atoms with Gasteiger partial charge in [-0.05, 0) is 59.8 Å². The van der Waals surface area contributed by atoms with Gasteiger partial charge in [-0.15, -0.1) is 0 Å². The highest BCUT2D eigenvalue weighted by molar-refractivity contribution is 9.10. The predicted octanol–water partition coefficient (Wildman–Crippen LogP) is 5.06. The van der Waals surface area contributed by atoms with Crippen LogP contribution in [-0.2, 0) is 12.8 Å². The van der Waals surface area contributed by atoms with Gasteiger partial charge in [0.25, 0.3) is 0 Å². The van der Waals surface area contributed by atoms with Crippen molar-refractivity contribution in [3.8, 4) is 11.4 Å². The van der Waals surface area contributed by atoms with E-state index in [0.717, 1.165) is 35.6 Å². The number of aromatic amines is 1. The number of hydrogen-bond donors (Lipinski definition) is 2. The summed E-state index contributed by atoms with van der Waals surface area (Å²) in [5.41, 5.74) is 5.89. The van der Waals surface area contributed by atoms with E-state index in [2.05, 4.69) is 58.9 Å². The molecule has 5 rings (SSSR count). The maximum atomic E-state index is 13.8. The van der Waals surface area contributed by atoms with Crippen LogP contribution >= 0.6 is 15.9 Å². The summed E-state index contributed by atoms with van der Waals surface area (Å²) in [6, 6.07) is 1.53. The van der Waals surface area contributed by atoms with Gasteiger partial charge in [-0.1, -0.05) is 18.7 Å². The van der Waals surface area contributed by atoms with E-state index in [9.17, 15) is 4.39 Å². The molecule has 0 aromatic carbocycles. The molecule has 0 saturated heterocycles. The van der Waals surface area contributed by atoms with Crippen LogP contribution in [0.15, 0.2) is 41.8 Å². The third-order valence-corrected chi connectivity index (χ3v) is 6.18. The summed E-state index contributed by atoms with van der Waals surface area (Å²) in [4.78, 5) is 16.7. The molecule has 0 bridgehead atoms. The van der Waals surface area contributed by atoms with E-state index in [4.69, 9.17) is 0 Å². The Kier molecular flexibility index (Phi) is 5.34. The quantitative estimate of drug-likeness (QED) is 0.405. The van der Waals surface area contributed by atoms with Crippen LogP contribution in [0.4, 0.5) is 10.3 Å². The first-order chi connectivity index (χ1) is 15.6. The summed E-state index contributed by atoms with van der Waals surface area (Å²) in [5, 5.41) is 7.96.